The van der Waals surface area contributed by atoms with E-state index in [2.05, 4.69) is 15.1 Å². The first-order valence-corrected chi connectivity index (χ1v) is 8.82. The monoisotopic (exact) mass is 324 g/mol. The van der Waals surface area contributed by atoms with Crippen LogP contribution in [0.5, 0.6) is 0 Å². The molecule has 0 unspecified atom stereocenters. The Hall–Kier alpha value is -2.80. The number of nitrogens with zero attached hydrogens (tertiary/aromatic N) is 4. The van der Waals surface area contributed by atoms with Crippen molar-refractivity contribution >= 4 is 26.4 Å². The number of sulfone groups is 1. The van der Waals surface area contributed by atoms with Crippen molar-refractivity contribution in [1.29, 1.82) is 0 Å². The van der Waals surface area contributed by atoms with E-state index in [4.69, 9.17) is 0 Å². The SMILES string of the molecule is CS(=O)(=O)c1cccc(-c2nc3c4ccccc4ncn3n2)c1. The molecular weight excluding hydrogens is 312 g/mol. The van der Waals surface area contributed by atoms with E-state index < -0.39 is 9.84 Å². The van der Waals surface area contributed by atoms with E-state index in [1.165, 1.54) is 6.26 Å². The van der Waals surface area contributed by atoms with Crippen LogP contribution < -0.4 is 0 Å². The molecule has 2 aromatic carbocycles. The van der Waals surface area contributed by atoms with Gasteiger partial charge in [0.05, 0.1) is 10.4 Å². The lowest BCUT2D eigenvalue weighted by Crippen LogP contribution is -1.97. The van der Waals surface area contributed by atoms with E-state index in [-0.39, 0.29) is 4.90 Å². The molecule has 0 radical (unpaired) electrons. The van der Waals surface area contributed by atoms with Gasteiger partial charge in [-0.05, 0) is 24.3 Å². The van der Waals surface area contributed by atoms with Gasteiger partial charge in [0.1, 0.15) is 6.33 Å². The molecule has 0 aliphatic heterocycles. The van der Waals surface area contributed by atoms with Gasteiger partial charge in [0.15, 0.2) is 21.3 Å². The lowest BCUT2D eigenvalue weighted by molar-refractivity contribution is 0.602. The van der Waals surface area contributed by atoms with E-state index in [9.17, 15) is 8.42 Å². The van der Waals surface area contributed by atoms with E-state index in [0.717, 1.165) is 10.9 Å². The minimum absolute atomic E-state index is 0.247. The Morgan fingerprint density at radius 3 is 2.70 bits per heavy atom. The number of fused-ring (bicyclic) bond motifs is 3. The Labute approximate surface area is 132 Å². The predicted molar refractivity (Wildman–Crippen MR) is 86.8 cm³/mol. The Balaban J connectivity index is 1.95. The molecule has 0 bridgehead atoms. The average molecular weight is 324 g/mol. The van der Waals surface area contributed by atoms with Gasteiger partial charge in [0.25, 0.3) is 0 Å². The lowest BCUT2D eigenvalue weighted by atomic mass is 10.2. The normalized spacial score (nSPS) is 12.0. The predicted octanol–water partition coefficient (Wildman–Crippen LogP) is 2.35. The fourth-order valence-electron chi connectivity index (χ4n) is 2.47. The first kappa shape index (κ1) is 13.8. The first-order chi connectivity index (χ1) is 11.0. The van der Waals surface area contributed by atoms with Crippen LogP contribution in [0.25, 0.3) is 27.9 Å². The summed E-state index contributed by atoms with van der Waals surface area (Å²) in [5.74, 6) is 0.466. The van der Waals surface area contributed by atoms with Crippen molar-refractivity contribution in [2.75, 3.05) is 6.26 Å². The molecule has 7 heteroatoms. The maximum absolute atomic E-state index is 11.7. The number of hydrogen-bond acceptors (Lipinski definition) is 5. The van der Waals surface area contributed by atoms with Crippen molar-refractivity contribution in [3.8, 4) is 11.4 Å². The second-order valence-electron chi connectivity index (χ2n) is 5.27. The Morgan fingerprint density at radius 1 is 1.04 bits per heavy atom. The maximum atomic E-state index is 11.7. The zero-order valence-electron chi connectivity index (χ0n) is 12.2. The van der Waals surface area contributed by atoms with Crippen LogP contribution >= 0.6 is 0 Å². The third-order valence-corrected chi connectivity index (χ3v) is 4.71. The van der Waals surface area contributed by atoms with Crippen LogP contribution in [0, 0.1) is 0 Å². The van der Waals surface area contributed by atoms with Gasteiger partial charge < -0.3 is 0 Å². The topological polar surface area (TPSA) is 77.2 Å². The third kappa shape index (κ3) is 2.35. The highest BCUT2D eigenvalue weighted by Crippen LogP contribution is 2.22. The molecule has 23 heavy (non-hydrogen) atoms. The summed E-state index contributed by atoms with van der Waals surface area (Å²) in [6, 6.07) is 14.3. The molecule has 0 spiro atoms. The molecule has 0 aliphatic rings. The molecular formula is C16H12N4O2S. The van der Waals surface area contributed by atoms with E-state index in [1.54, 1.807) is 35.1 Å². The molecule has 0 fully saturated rings. The van der Waals surface area contributed by atoms with Gasteiger partial charge >= 0.3 is 0 Å². The molecule has 6 nitrogen and oxygen atoms in total. The van der Waals surface area contributed by atoms with Gasteiger partial charge in [-0.25, -0.2) is 22.9 Å². The molecule has 2 aromatic heterocycles. The number of rotatable bonds is 2. The summed E-state index contributed by atoms with van der Waals surface area (Å²) >= 11 is 0. The van der Waals surface area contributed by atoms with Crippen LogP contribution in [-0.4, -0.2) is 34.3 Å². The quantitative estimate of drug-likeness (QED) is 0.565. The van der Waals surface area contributed by atoms with Crippen LogP contribution in [0.1, 0.15) is 0 Å². The van der Waals surface area contributed by atoms with Gasteiger partial charge in [0, 0.05) is 17.2 Å². The Morgan fingerprint density at radius 2 is 1.87 bits per heavy atom. The summed E-state index contributed by atoms with van der Waals surface area (Å²) in [4.78, 5) is 9.14. The molecule has 0 amide bonds. The van der Waals surface area contributed by atoms with Crippen molar-refractivity contribution < 1.29 is 8.42 Å². The van der Waals surface area contributed by atoms with Crippen LogP contribution in [-0.2, 0) is 9.84 Å². The largest absolute Gasteiger partial charge is 0.236 e. The number of para-hydroxylation sites is 1. The maximum Gasteiger partial charge on any atom is 0.182 e. The van der Waals surface area contributed by atoms with Crippen molar-refractivity contribution in [2.45, 2.75) is 4.90 Å². The summed E-state index contributed by atoms with van der Waals surface area (Å²) in [6.07, 6.45) is 2.79. The number of benzene rings is 2. The zero-order valence-corrected chi connectivity index (χ0v) is 13.0. The highest BCUT2D eigenvalue weighted by atomic mass is 32.2. The average Bonchev–Trinajstić information content (AvgIpc) is 2.99. The van der Waals surface area contributed by atoms with Gasteiger partial charge in [0.2, 0.25) is 0 Å². The van der Waals surface area contributed by atoms with Gasteiger partial charge in [-0.1, -0.05) is 24.3 Å². The van der Waals surface area contributed by atoms with E-state index in [0.29, 0.717) is 17.0 Å². The lowest BCUT2D eigenvalue weighted by Gasteiger charge is -1.99. The van der Waals surface area contributed by atoms with Crippen molar-refractivity contribution in [3.63, 3.8) is 0 Å². The molecule has 0 saturated heterocycles. The van der Waals surface area contributed by atoms with Crippen molar-refractivity contribution in [2.24, 2.45) is 0 Å². The third-order valence-electron chi connectivity index (χ3n) is 3.60. The first-order valence-electron chi connectivity index (χ1n) is 6.93. The molecule has 0 atom stereocenters. The van der Waals surface area contributed by atoms with Crippen LogP contribution in [0.4, 0.5) is 0 Å². The molecule has 0 aliphatic carbocycles. The standard InChI is InChI=1S/C16H12N4O2S/c1-23(21,22)12-6-4-5-11(9-12)15-18-16-13-7-2-3-8-14(13)17-10-20(16)19-15/h2-10H,1H3. The molecule has 4 rings (SSSR count). The highest BCUT2D eigenvalue weighted by molar-refractivity contribution is 7.90. The number of hydrogen-bond donors (Lipinski definition) is 0. The number of aromatic nitrogens is 4. The molecule has 0 N–H and O–H groups in total. The van der Waals surface area contributed by atoms with Crippen LogP contribution in [0.2, 0.25) is 0 Å². The van der Waals surface area contributed by atoms with Crippen molar-refractivity contribution in [1.82, 2.24) is 19.6 Å². The summed E-state index contributed by atoms with van der Waals surface area (Å²) in [6.45, 7) is 0. The minimum Gasteiger partial charge on any atom is -0.236 e. The Bertz CT molecular complexity index is 1150. The van der Waals surface area contributed by atoms with Gasteiger partial charge in [-0.15, -0.1) is 5.10 Å². The van der Waals surface area contributed by atoms with Crippen LogP contribution in [0.3, 0.4) is 0 Å². The molecule has 4 aromatic rings. The minimum atomic E-state index is -3.27. The fraction of sp³-hybridized carbons (Fsp3) is 0.0625. The molecule has 114 valence electrons. The summed E-state index contributed by atoms with van der Waals surface area (Å²) < 4.78 is 25.0. The Kier molecular flexibility index (Phi) is 2.92. The van der Waals surface area contributed by atoms with Crippen LogP contribution in [0.15, 0.2) is 59.8 Å². The van der Waals surface area contributed by atoms with Gasteiger partial charge in [-0.3, -0.25) is 0 Å². The molecule has 2 heterocycles. The van der Waals surface area contributed by atoms with Gasteiger partial charge in [-0.2, -0.15) is 0 Å². The second kappa shape index (κ2) is 4.85. The highest BCUT2D eigenvalue weighted by Gasteiger charge is 2.13. The summed E-state index contributed by atoms with van der Waals surface area (Å²) in [5, 5.41) is 5.30. The van der Waals surface area contributed by atoms with E-state index >= 15 is 0 Å². The smallest absolute Gasteiger partial charge is 0.182 e. The van der Waals surface area contributed by atoms with Crippen molar-refractivity contribution in [3.05, 3.63) is 54.9 Å². The zero-order chi connectivity index (χ0) is 16.0. The fourth-order valence-corrected chi connectivity index (χ4v) is 3.13. The summed E-state index contributed by atoms with van der Waals surface area (Å²) in [7, 11) is -3.27. The second-order valence-corrected chi connectivity index (χ2v) is 7.28. The molecule has 0 saturated carbocycles. The summed E-state index contributed by atoms with van der Waals surface area (Å²) in [5.41, 5.74) is 2.18. The van der Waals surface area contributed by atoms with E-state index in [1.807, 2.05) is 24.3 Å².